The molecule has 1 amide bonds. The molecule has 0 aliphatic rings. The van der Waals surface area contributed by atoms with Crippen LogP contribution < -0.4 is 5.32 Å². The van der Waals surface area contributed by atoms with Gasteiger partial charge in [-0.05, 0) is 24.8 Å². The first kappa shape index (κ1) is 14.7. The maximum atomic E-state index is 11.5. The summed E-state index contributed by atoms with van der Waals surface area (Å²) in [4.78, 5) is 12.5. The van der Waals surface area contributed by atoms with Gasteiger partial charge in [-0.25, -0.2) is 0 Å². The minimum Gasteiger partial charge on any atom is -0.365 e. The van der Waals surface area contributed by atoms with Crippen LogP contribution in [-0.4, -0.2) is 23.7 Å². The van der Waals surface area contributed by atoms with Crippen LogP contribution in [0.2, 0.25) is 0 Å². The molecule has 2 aromatic rings. The van der Waals surface area contributed by atoms with Crippen LogP contribution in [-0.2, 0) is 16.1 Å². The molecule has 0 aliphatic heterocycles. The summed E-state index contributed by atoms with van der Waals surface area (Å²) in [6.07, 6.45) is 0.902. The largest absolute Gasteiger partial charge is 0.365 e. The van der Waals surface area contributed by atoms with Crippen LogP contribution >= 0.6 is 11.3 Å². The minimum atomic E-state index is -0.110. The van der Waals surface area contributed by atoms with Gasteiger partial charge in [-0.1, -0.05) is 18.1 Å². The molecule has 20 heavy (non-hydrogen) atoms. The number of ether oxygens (including phenoxy) is 1. The van der Waals surface area contributed by atoms with Crippen LogP contribution in [0.4, 0.5) is 0 Å². The lowest BCUT2D eigenvalue weighted by Crippen LogP contribution is -2.34. The summed E-state index contributed by atoms with van der Waals surface area (Å²) in [7, 11) is 0. The first-order chi connectivity index (χ1) is 9.69. The number of rotatable bonds is 7. The number of nitrogens with one attached hydrogen (secondary N) is 1. The summed E-state index contributed by atoms with van der Waals surface area (Å²) >= 11 is 1.59. The molecule has 0 bridgehead atoms. The van der Waals surface area contributed by atoms with Crippen LogP contribution in [0, 0.1) is 0 Å². The lowest BCUT2D eigenvalue weighted by molar-refractivity contribution is -0.126. The molecule has 0 aromatic carbocycles. The fourth-order valence-electron chi connectivity index (χ4n) is 1.58. The van der Waals surface area contributed by atoms with Crippen molar-refractivity contribution in [1.29, 1.82) is 0 Å². The Hall–Kier alpha value is -1.66. The quantitative estimate of drug-likeness (QED) is 0.853. The average molecular weight is 294 g/mol. The fourth-order valence-corrected chi connectivity index (χ4v) is 2.25. The van der Waals surface area contributed by atoms with Crippen molar-refractivity contribution < 1.29 is 14.1 Å². The van der Waals surface area contributed by atoms with E-state index in [1.165, 1.54) is 0 Å². The second kappa shape index (κ2) is 7.21. The zero-order valence-electron chi connectivity index (χ0n) is 11.6. The zero-order valence-corrected chi connectivity index (χ0v) is 12.4. The van der Waals surface area contributed by atoms with E-state index in [0.717, 1.165) is 17.1 Å². The maximum Gasteiger partial charge on any atom is 0.246 e. The van der Waals surface area contributed by atoms with Crippen LogP contribution in [0.25, 0.3) is 10.6 Å². The van der Waals surface area contributed by atoms with E-state index < -0.39 is 0 Å². The van der Waals surface area contributed by atoms with E-state index in [9.17, 15) is 4.79 Å². The summed E-state index contributed by atoms with van der Waals surface area (Å²) in [6, 6.07) is 5.93. The Morgan fingerprint density at radius 1 is 1.60 bits per heavy atom. The Balaban J connectivity index is 1.76. The maximum absolute atomic E-state index is 11.5. The van der Waals surface area contributed by atoms with Crippen molar-refractivity contribution in [3.63, 3.8) is 0 Å². The van der Waals surface area contributed by atoms with Gasteiger partial charge < -0.3 is 14.6 Å². The first-order valence-electron chi connectivity index (χ1n) is 6.55. The van der Waals surface area contributed by atoms with Crippen molar-refractivity contribution in [1.82, 2.24) is 10.5 Å². The van der Waals surface area contributed by atoms with Crippen LogP contribution in [0.3, 0.4) is 0 Å². The smallest absolute Gasteiger partial charge is 0.246 e. The number of hydrogen-bond donors (Lipinski definition) is 1. The van der Waals surface area contributed by atoms with E-state index in [1.54, 1.807) is 11.3 Å². The first-order valence-corrected chi connectivity index (χ1v) is 7.43. The summed E-state index contributed by atoms with van der Waals surface area (Å²) in [5, 5.41) is 8.74. The molecule has 0 saturated heterocycles. The van der Waals surface area contributed by atoms with Gasteiger partial charge in [0.05, 0.1) is 11.5 Å². The Kier molecular flexibility index (Phi) is 5.31. The van der Waals surface area contributed by atoms with Gasteiger partial charge in [-0.2, -0.15) is 0 Å². The Labute approximate surface area is 121 Å². The zero-order chi connectivity index (χ0) is 14.4. The van der Waals surface area contributed by atoms with Gasteiger partial charge in [0.25, 0.3) is 0 Å². The molecule has 1 N–H and O–H groups in total. The van der Waals surface area contributed by atoms with Gasteiger partial charge in [-0.15, -0.1) is 11.3 Å². The number of carbonyl (C=O) groups is 1. The minimum absolute atomic E-state index is 0.0333. The topological polar surface area (TPSA) is 64.4 Å². The molecule has 6 heteroatoms. The molecular weight excluding hydrogens is 276 g/mol. The second-order valence-corrected chi connectivity index (χ2v) is 5.48. The van der Waals surface area contributed by atoms with Gasteiger partial charge >= 0.3 is 0 Å². The highest BCUT2D eigenvalue weighted by Crippen LogP contribution is 2.25. The van der Waals surface area contributed by atoms with E-state index in [4.69, 9.17) is 9.26 Å². The number of thiophene rings is 1. The molecule has 108 valence electrons. The lowest BCUT2D eigenvalue weighted by Gasteiger charge is -2.10. The molecule has 2 aromatic heterocycles. The van der Waals surface area contributed by atoms with Crippen LogP contribution in [0.15, 0.2) is 28.1 Å². The molecule has 0 radical (unpaired) electrons. The number of nitrogens with zero attached hydrogens (tertiary/aromatic N) is 1. The monoisotopic (exact) mass is 294 g/mol. The van der Waals surface area contributed by atoms with Crippen molar-refractivity contribution in [3.8, 4) is 10.6 Å². The summed E-state index contributed by atoms with van der Waals surface area (Å²) in [5.41, 5.74) is 0.685. The van der Waals surface area contributed by atoms with Crippen LogP contribution in [0.5, 0.6) is 0 Å². The molecule has 5 nitrogen and oxygen atoms in total. The van der Waals surface area contributed by atoms with Gasteiger partial charge in [0, 0.05) is 12.1 Å². The van der Waals surface area contributed by atoms with Gasteiger partial charge in [0.15, 0.2) is 5.76 Å². The summed E-state index contributed by atoms with van der Waals surface area (Å²) in [5.74, 6) is 0.615. The Morgan fingerprint density at radius 2 is 2.45 bits per heavy atom. The number of carbonyl (C=O) groups excluding carboxylic acids is 1. The highest BCUT2D eigenvalue weighted by atomic mass is 32.1. The van der Waals surface area contributed by atoms with Gasteiger partial charge in [-0.3, -0.25) is 4.79 Å². The summed E-state index contributed by atoms with van der Waals surface area (Å²) < 4.78 is 10.6. The van der Waals surface area contributed by atoms with E-state index >= 15 is 0 Å². The van der Waals surface area contributed by atoms with Crippen molar-refractivity contribution in [2.24, 2.45) is 0 Å². The normalized spacial score (nSPS) is 12.3. The van der Waals surface area contributed by atoms with E-state index in [1.807, 2.05) is 37.4 Å². The van der Waals surface area contributed by atoms with Crippen molar-refractivity contribution in [3.05, 3.63) is 29.3 Å². The SMILES string of the molecule is CC[C@@H](C)NC(=O)COCc1cc(-c2cccs2)on1. The highest BCUT2D eigenvalue weighted by molar-refractivity contribution is 7.13. The molecule has 0 saturated carbocycles. The van der Waals surface area contributed by atoms with Crippen molar-refractivity contribution >= 4 is 17.2 Å². The van der Waals surface area contributed by atoms with Gasteiger partial charge in [0.2, 0.25) is 5.91 Å². The number of aromatic nitrogens is 1. The molecule has 0 aliphatic carbocycles. The van der Waals surface area contributed by atoms with Crippen LogP contribution in [0.1, 0.15) is 26.0 Å². The van der Waals surface area contributed by atoms with Gasteiger partial charge in [0.1, 0.15) is 12.3 Å². The molecular formula is C14H18N2O3S. The highest BCUT2D eigenvalue weighted by Gasteiger charge is 2.09. The molecule has 2 heterocycles. The molecule has 2 rings (SSSR count). The molecule has 1 atom stereocenters. The summed E-state index contributed by atoms with van der Waals surface area (Å²) in [6.45, 7) is 4.28. The average Bonchev–Trinajstić information content (AvgIpc) is 3.08. The van der Waals surface area contributed by atoms with E-state index in [2.05, 4.69) is 10.5 Å². The lowest BCUT2D eigenvalue weighted by atomic mass is 10.2. The molecule has 0 fully saturated rings. The Morgan fingerprint density at radius 3 is 3.15 bits per heavy atom. The van der Waals surface area contributed by atoms with Crippen molar-refractivity contribution in [2.75, 3.05) is 6.61 Å². The van der Waals surface area contributed by atoms with E-state index in [-0.39, 0.29) is 25.2 Å². The fraction of sp³-hybridized carbons (Fsp3) is 0.429. The Bertz CT molecular complexity index is 536. The molecule has 0 unspecified atom stereocenters. The standard InChI is InChI=1S/C14H18N2O3S/c1-3-10(2)15-14(17)9-18-8-11-7-12(19-16-11)13-5-4-6-20-13/h4-7,10H,3,8-9H2,1-2H3,(H,15,17)/t10-/m1/s1. The third-order valence-electron chi connectivity index (χ3n) is 2.83. The third kappa shape index (κ3) is 4.18. The predicted molar refractivity (Wildman–Crippen MR) is 77.4 cm³/mol. The number of hydrogen-bond acceptors (Lipinski definition) is 5. The third-order valence-corrected chi connectivity index (χ3v) is 3.71. The number of amides is 1. The van der Waals surface area contributed by atoms with Crippen molar-refractivity contribution in [2.45, 2.75) is 32.9 Å². The second-order valence-electron chi connectivity index (χ2n) is 4.53. The van der Waals surface area contributed by atoms with E-state index in [0.29, 0.717) is 5.69 Å². The predicted octanol–water partition coefficient (Wildman–Crippen LogP) is 2.83. The molecule has 0 spiro atoms.